The van der Waals surface area contributed by atoms with Gasteiger partial charge in [-0.3, -0.25) is 13.9 Å². The van der Waals surface area contributed by atoms with Crippen molar-refractivity contribution in [1.82, 2.24) is 10.2 Å². The summed E-state index contributed by atoms with van der Waals surface area (Å²) in [4.78, 5) is 28.9. The second kappa shape index (κ2) is 14.0. The zero-order valence-corrected chi connectivity index (χ0v) is 25.4. The van der Waals surface area contributed by atoms with Gasteiger partial charge in [0.05, 0.1) is 10.6 Å². The van der Waals surface area contributed by atoms with E-state index in [1.165, 1.54) is 17.0 Å². The Morgan fingerprint density at radius 3 is 2.15 bits per heavy atom. The van der Waals surface area contributed by atoms with Gasteiger partial charge in [0.2, 0.25) is 11.8 Å². The van der Waals surface area contributed by atoms with E-state index in [-0.39, 0.29) is 23.4 Å². The van der Waals surface area contributed by atoms with Crippen LogP contribution in [-0.2, 0) is 32.6 Å². The minimum absolute atomic E-state index is 0.00644. The first-order valence-electron chi connectivity index (χ1n) is 13.2. The summed E-state index contributed by atoms with van der Waals surface area (Å²) >= 11 is 12.5. The topological polar surface area (TPSA) is 86.8 Å². The second-order valence-electron chi connectivity index (χ2n) is 9.65. The van der Waals surface area contributed by atoms with Gasteiger partial charge in [0.25, 0.3) is 10.0 Å². The van der Waals surface area contributed by atoms with Gasteiger partial charge in [-0.25, -0.2) is 8.42 Å². The molecule has 1 atom stereocenters. The van der Waals surface area contributed by atoms with Gasteiger partial charge in [-0.15, -0.1) is 0 Å². The van der Waals surface area contributed by atoms with Crippen molar-refractivity contribution in [2.45, 2.75) is 64.1 Å². The number of para-hydroxylation sites is 1. The van der Waals surface area contributed by atoms with Crippen LogP contribution in [0.4, 0.5) is 5.69 Å². The zero-order chi connectivity index (χ0) is 29.4. The molecule has 3 rings (SSSR count). The summed E-state index contributed by atoms with van der Waals surface area (Å²) in [5, 5.41) is 3.66. The lowest BCUT2D eigenvalue weighted by molar-refractivity contribution is -0.140. The van der Waals surface area contributed by atoms with Crippen LogP contribution >= 0.6 is 23.2 Å². The molecule has 7 nitrogen and oxygen atoms in total. The summed E-state index contributed by atoms with van der Waals surface area (Å²) in [7, 11) is -4.13. The lowest BCUT2D eigenvalue weighted by Crippen LogP contribution is -2.53. The molecule has 1 N–H and O–H groups in total. The fourth-order valence-corrected chi connectivity index (χ4v) is 6.36. The average molecular weight is 605 g/mol. The fraction of sp³-hybridized carbons (Fsp3) is 0.333. The predicted octanol–water partition coefficient (Wildman–Crippen LogP) is 6.08. The van der Waals surface area contributed by atoms with Crippen LogP contribution in [0.25, 0.3) is 0 Å². The van der Waals surface area contributed by atoms with Crippen LogP contribution in [0.15, 0.2) is 77.7 Å². The van der Waals surface area contributed by atoms with Crippen LogP contribution in [0, 0.1) is 0 Å². The van der Waals surface area contributed by atoms with Crippen molar-refractivity contribution in [3.63, 3.8) is 0 Å². The molecular weight excluding hydrogens is 569 g/mol. The van der Waals surface area contributed by atoms with Crippen LogP contribution in [0.1, 0.15) is 45.2 Å². The van der Waals surface area contributed by atoms with Gasteiger partial charge in [-0.1, -0.05) is 79.5 Å². The number of nitrogens with one attached hydrogen (secondary N) is 1. The van der Waals surface area contributed by atoms with E-state index in [0.717, 1.165) is 9.87 Å². The number of anilines is 1. The minimum atomic E-state index is -4.13. The monoisotopic (exact) mass is 603 g/mol. The largest absolute Gasteiger partial charge is 0.352 e. The molecule has 0 saturated carbocycles. The number of halogens is 2. The minimum Gasteiger partial charge on any atom is -0.352 e. The standard InChI is InChI=1S/C30H35Cl2N3O4S/c1-5-22-12-10-11-15-28(22)35(40(38,39)25-13-8-7-9-14-25)20-29(36)34(27(6-2)30(37)33-21(3)4)19-23-16-17-24(31)18-26(23)32/h7-18,21,27H,5-6,19-20H2,1-4H3,(H,33,37)/t27-/m1/s1. The van der Waals surface area contributed by atoms with Crippen molar-refractivity contribution >= 4 is 50.7 Å². The van der Waals surface area contributed by atoms with E-state index in [9.17, 15) is 18.0 Å². The predicted molar refractivity (Wildman–Crippen MR) is 161 cm³/mol. The van der Waals surface area contributed by atoms with Crippen molar-refractivity contribution in [1.29, 1.82) is 0 Å². The summed E-state index contributed by atoms with van der Waals surface area (Å²) in [6.07, 6.45) is 0.871. The molecule has 0 bridgehead atoms. The van der Waals surface area contributed by atoms with Gasteiger partial charge >= 0.3 is 0 Å². The molecule has 0 aromatic heterocycles. The van der Waals surface area contributed by atoms with Gasteiger partial charge < -0.3 is 10.2 Å². The number of rotatable bonds is 12. The maximum atomic E-state index is 14.1. The Kier molecular flexibility index (Phi) is 11.0. The van der Waals surface area contributed by atoms with Crippen molar-refractivity contribution < 1.29 is 18.0 Å². The number of nitrogens with zero attached hydrogens (tertiary/aromatic N) is 2. The van der Waals surface area contributed by atoms with Gasteiger partial charge in [-0.05, 0) is 68.1 Å². The van der Waals surface area contributed by atoms with E-state index in [0.29, 0.717) is 34.1 Å². The summed E-state index contributed by atoms with van der Waals surface area (Å²) < 4.78 is 29.1. The number of carbonyl (C=O) groups is 2. The van der Waals surface area contributed by atoms with E-state index in [2.05, 4.69) is 5.32 Å². The number of carbonyl (C=O) groups excluding carboxylic acids is 2. The molecule has 0 aliphatic carbocycles. The number of sulfonamides is 1. The smallest absolute Gasteiger partial charge is 0.264 e. The van der Waals surface area contributed by atoms with Crippen LogP contribution in [0.2, 0.25) is 10.0 Å². The van der Waals surface area contributed by atoms with Gasteiger partial charge in [0.15, 0.2) is 0 Å². The van der Waals surface area contributed by atoms with Crippen molar-refractivity contribution in [2.24, 2.45) is 0 Å². The fourth-order valence-electron chi connectivity index (χ4n) is 4.42. The highest BCUT2D eigenvalue weighted by Gasteiger charge is 2.34. The van der Waals surface area contributed by atoms with E-state index < -0.39 is 28.5 Å². The van der Waals surface area contributed by atoms with Crippen LogP contribution < -0.4 is 9.62 Å². The molecule has 2 amide bonds. The molecule has 0 unspecified atom stereocenters. The SMILES string of the molecule is CCc1ccccc1N(CC(=O)N(Cc1ccc(Cl)cc1Cl)[C@H](CC)C(=O)NC(C)C)S(=O)(=O)c1ccccc1. The summed E-state index contributed by atoms with van der Waals surface area (Å²) in [5.41, 5.74) is 1.76. The number of hydrogen-bond donors (Lipinski definition) is 1. The first-order chi connectivity index (χ1) is 19.0. The Balaban J connectivity index is 2.11. The molecule has 0 aliphatic rings. The van der Waals surface area contributed by atoms with E-state index >= 15 is 0 Å². The third-order valence-corrected chi connectivity index (χ3v) is 8.78. The van der Waals surface area contributed by atoms with E-state index in [4.69, 9.17) is 23.2 Å². The molecular formula is C30H35Cl2N3O4S. The third-order valence-electron chi connectivity index (χ3n) is 6.42. The number of amides is 2. The third kappa shape index (κ3) is 7.56. The van der Waals surface area contributed by atoms with Crippen LogP contribution in [-0.4, -0.2) is 43.8 Å². The molecule has 0 radical (unpaired) electrons. The lowest BCUT2D eigenvalue weighted by atomic mass is 10.1. The molecule has 3 aromatic carbocycles. The normalized spacial score (nSPS) is 12.2. The Hall–Kier alpha value is -3.07. The lowest BCUT2D eigenvalue weighted by Gasteiger charge is -2.34. The summed E-state index contributed by atoms with van der Waals surface area (Å²) in [6, 6.07) is 19.0. The Bertz CT molecular complexity index is 1430. The molecule has 0 fully saturated rings. The number of benzene rings is 3. The number of hydrogen-bond acceptors (Lipinski definition) is 4. The number of aryl methyl sites for hydroxylation is 1. The van der Waals surface area contributed by atoms with Crippen LogP contribution in [0.3, 0.4) is 0 Å². The van der Waals surface area contributed by atoms with Crippen LogP contribution in [0.5, 0.6) is 0 Å². The molecule has 0 heterocycles. The highest BCUT2D eigenvalue weighted by molar-refractivity contribution is 7.92. The Morgan fingerprint density at radius 1 is 0.900 bits per heavy atom. The molecule has 0 spiro atoms. The first kappa shape index (κ1) is 31.5. The van der Waals surface area contributed by atoms with Gasteiger partial charge in [0, 0.05) is 22.6 Å². The van der Waals surface area contributed by atoms with Gasteiger partial charge in [-0.2, -0.15) is 0 Å². The average Bonchev–Trinajstić information content (AvgIpc) is 2.92. The first-order valence-corrected chi connectivity index (χ1v) is 15.4. The maximum absolute atomic E-state index is 14.1. The Morgan fingerprint density at radius 2 is 1.55 bits per heavy atom. The highest BCUT2D eigenvalue weighted by Crippen LogP contribution is 2.29. The molecule has 40 heavy (non-hydrogen) atoms. The molecule has 3 aromatic rings. The Labute approximate surface area is 247 Å². The van der Waals surface area contributed by atoms with E-state index in [1.54, 1.807) is 55.5 Å². The highest BCUT2D eigenvalue weighted by atomic mass is 35.5. The molecule has 10 heteroatoms. The molecule has 0 saturated heterocycles. The molecule has 214 valence electrons. The second-order valence-corrected chi connectivity index (χ2v) is 12.4. The molecule has 0 aliphatic heterocycles. The van der Waals surface area contributed by atoms with E-state index in [1.807, 2.05) is 32.9 Å². The van der Waals surface area contributed by atoms with Crippen molar-refractivity contribution in [3.05, 3.63) is 94.0 Å². The quantitative estimate of drug-likeness (QED) is 0.272. The van der Waals surface area contributed by atoms with Crippen molar-refractivity contribution in [3.8, 4) is 0 Å². The van der Waals surface area contributed by atoms with Gasteiger partial charge in [0.1, 0.15) is 12.6 Å². The maximum Gasteiger partial charge on any atom is 0.264 e. The van der Waals surface area contributed by atoms with Crippen molar-refractivity contribution in [2.75, 3.05) is 10.8 Å². The summed E-state index contributed by atoms with van der Waals surface area (Å²) in [5.74, 6) is -0.871. The summed E-state index contributed by atoms with van der Waals surface area (Å²) in [6.45, 7) is 6.88. The zero-order valence-electron chi connectivity index (χ0n) is 23.1.